The van der Waals surface area contributed by atoms with Gasteiger partial charge in [-0.3, -0.25) is 0 Å². The number of halogens is 3. The van der Waals surface area contributed by atoms with Gasteiger partial charge in [-0.25, -0.2) is 13.1 Å². The molecule has 146 valence electrons. The highest BCUT2D eigenvalue weighted by Gasteiger charge is 2.37. The minimum absolute atomic E-state index is 0.0248. The van der Waals surface area contributed by atoms with Gasteiger partial charge in [0, 0.05) is 18.7 Å². The third-order valence-electron chi connectivity index (χ3n) is 3.76. The summed E-state index contributed by atoms with van der Waals surface area (Å²) < 4.78 is 67.1. The number of nitrogens with zero attached hydrogens (tertiary/aromatic N) is 1. The molecular formula is C17H17F3N2O4S. The van der Waals surface area contributed by atoms with Gasteiger partial charge in [0.05, 0.1) is 10.5 Å². The van der Waals surface area contributed by atoms with Crippen molar-refractivity contribution in [2.75, 3.05) is 13.2 Å². The minimum atomic E-state index is -4.92. The lowest BCUT2D eigenvalue weighted by atomic mass is 10.0. The summed E-state index contributed by atoms with van der Waals surface area (Å²) in [6, 6.07) is 8.56. The minimum Gasteiger partial charge on any atom is -0.396 e. The predicted octanol–water partition coefficient (Wildman–Crippen LogP) is 3.82. The monoisotopic (exact) mass is 402 g/mol. The van der Waals surface area contributed by atoms with Gasteiger partial charge in [-0.2, -0.15) is 13.2 Å². The molecule has 0 aliphatic rings. The SMILES string of the molecule is O=Nc1ccccc1-c1ccc(S(=O)(=O)NCCCCO)c(C(F)(F)F)c1. The second-order valence-corrected chi connectivity index (χ2v) is 7.38. The lowest BCUT2D eigenvalue weighted by molar-refractivity contribution is -0.139. The molecule has 0 aliphatic heterocycles. The Labute approximate surface area is 154 Å². The van der Waals surface area contributed by atoms with Crippen LogP contribution >= 0.6 is 0 Å². The van der Waals surface area contributed by atoms with E-state index in [1.807, 2.05) is 0 Å². The highest BCUT2D eigenvalue weighted by atomic mass is 32.2. The number of unbranched alkanes of at least 4 members (excludes halogenated alkanes) is 1. The van der Waals surface area contributed by atoms with Gasteiger partial charge in [-0.1, -0.05) is 24.3 Å². The van der Waals surface area contributed by atoms with Crippen molar-refractivity contribution in [2.45, 2.75) is 23.9 Å². The van der Waals surface area contributed by atoms with Crippen LogP contribution in [0.3, 0.4) is 0 Å². The van der Waals surface area contributed by atoms with Crippen LogP contribution in [0.15, 0.2) is 52.5 Å². The molecule has 2 aromatic carbocycles. The molecule has 0 fully saturated rings. The van der Waals surface area contributed by atoms with Crippen LogP contribution in [0.5, 0.6) is 0 Å². The van der Waals surface area contributed by atoms with Gasteiger partial charge < -0.3 is 5.11 Å². The first-order valence-corrected chi connectivity index (χ1v) is 9.43. The van der Waals surface area contributed by atoms with E-state index >= 15 is 0 Å². The first-order chi connectivity index (χ1) is 12.7. The number of aliphatic hydroxyl groups excluding tert-OH is 1. The Morgan fingerprint density at radius 1 is 1.07 bits per heavy atom. The lowest BCUT2D eigenvalue weighted by Gasteiger charge is -2.16. The molecule has 0 unspecified atom stereocenters. The van der Waals surface area contributed by atoms with Gasteiger partial charge >= 0.3 is 6.18 Å². The summed E-state index contributed by atoms with van der Waals surface area (Å²) >= 11 is 0. The highest BCUT2D eigenvalue weighted by molar-refractivity contribution is 7.89. The largest absolute Gasteiger partial charge is 0.417 e. The fourth-order valence-electron chi connectivity index (χ4n) is 2.47. The van der Waals surface area contributed by atoms with E-state index in [1.165, 1.54) is 30.3 Å². The molecule has 0 atom stereocenters. The van der Waals surface area contributed by atoms with Crippen LogP contribution in [0, 0.1) is 4.91 Å². The Hall–Kier alpha value is -2.30. The van der Waals surface area contributed by atoms with Gasteiger partial charge in [0.1, 0.15) is 5.69 Å². The molecule has 2 rings (SSSR count). The standard InChI is InChI=1S/C17H17F3N2O4S/c18-17(19,20)14-11-12(13-5-1-2-6-15(13)22-24)7-8-16(14)27(25,26)21-9-3-4-10-23/h1-2,5-8,11,21,23H,3-4,9-10H2. The van der Waals surface area contributed by atoms with E-state index in [4.69, 9.17) is 5.11 Å². The zero-order valence-corrected chi connectivity index (χ0v) is 14.8. The van der Waals surface area contributed by atoms with E-state index in [9.17, 15) is 26.5 Å². The maximum Gasteiger partial charge on any atom is 0.417 e. The quantitative estimate of drug-likeness (QED) is 0.518. The van der Waals surface area contributed by atoms with Gasteiger partial charge in [-0.15, -0.1) is 4.91 Å². The molecule has 27 heavy (non-hydrogen) atoms. The molecule has 0 saturated heterocycles. The first kappa shape index (κ1) is 21.0. The number of nitrogens with one attached hydrogen (secondary N) is 1. The highest BCUT2D eigenvalue weighted by Crippen LogP contribution is 2.38. The first-order valence-electron chi connectivity index (χ1n) is 7.95. The van der Waals surface area contributed by atoms with Crippen molar-refractivity contribution < 1.29 is 26.7 Å². The van der Waals surface area contributed by atoms with Crippen LogP contribution in [-0.2, 0) is 16.2 Å². The smallest absolute Gasteiger partial charge is 0.396 e. The van der Waals surface area contributed by atoms with Crippen LogP contribution in [0.4, 0.5) is 18.9 Å². The third kappa shape index (κ3) is 5.12. The Morgan fingerprint density at radius 3 is 2.41 bits per heavy atom. The molecule has 6 nitrogen and oxygen atoms in total. The summed E-state index contributed by atoms with van der Waals surface area (Å²) in [5, 5.41) is 11.5. The van der Waals surface area contributed by atoms with Gasteiger partial charge in [0.2, 0.25) is 10.0 Å². The molecule has 0 spiro atoms. The van der Waals surface area contributed by atoms with Crippen molar-refractivity contribution in [3.63, 3.8) is 0 Å². The van der Waals surface area contributed by atoms with Crippen LogP contribution in [0.25, 0.3) is 11.1 Å². The predicted molar refractivity (Wildman–Crippen MR) is 93.8 cm³/mol. The van der Waals surface area contributed by atoms with Gasteiger partial charge in [0.25, 0.3) is 0 Å². The van der Waals surface area contributed by atoms with E-state index in [1.54, 1.807) is 0 Å². The van der Waals surface area contributed by atoms with Crippen LogP contribution in [0.1, 0.15) is 18.4 Å². The van der Waals surface area contributed by atoms with Crippen molar-refractivity contribution in [3.05, 3.63) is 52.9 Å². The van der Waals surface area contributed by atoms with Crippen molar-refractivity contribution in [2.24, 2.45) is 5.18 Å². The maximum absolute atomic E-state index is 13.5. The summed E-state index contributed by atoms with van der Waals surface area (Å²) in [6.45, 7) is -0.242. The molecule has 0 heterocycles. The van der Waals surface area contributed by atoms with E-state index < -0.39 is 26.7 Å². The van der Waals surface area contributed by atoms with Gasteiger partial charge in [0.15, 0.2) is 0 Å². The number of hydrogen-bond donors (Lipinski definition) is 2. The van der Waals surface area contributed by atoms with E-state index in [2.05, 4.69) is 9.90 Å². The number of sulfonamides is 1. The molecule has 10 heteroatoms. The van der Waals surface area contributed by atoms with E-state index in [0.717, 1.165) is 6.07 Å². The number of aliphatic hydroxyl groups is 1. The van der Waals surface area contributed by atoms with E-state index in [-0.39, 0.29) is 36.4 Å². The molecule has 0 bridgehead atoms. The Bertz CT molecular complexity index is 915. The number of alkyl halides is 3. The van der Waals surface area contributed by atoms with E-state index in [0.29, 0.717) is 12.5 Å². The summed E-state index contributed by atoms with van der Waals surface area (Å²) in [5.74, 6) is 0. The van der Waals surface area contributed by atoms with Crippen molar-refractivity contribution in [3.8, 4) is 11.1 Å². The lowest BCUT2D eigenvalue weighted by Crippen LogP contribution is -2.27. The fourth-order valence-corrected chi connectivity index (χ4v) is 3.75. The fraction of sp³-hybridized carbons (Fsp3) is 0.294. The third-order valence-corrected chi connectivity index (χ3v) is 5.28. The summed E-state index contributed by atoms with van der Waals surface area (Å²) in [6.07, 6.45) is -4.31. The zero-order chi connectivity index (χ0) is 20.1. The molecule has 2 aromatic rings. The topological polar surface area (TPSA) is 95.8 Å². The molecule has 2 N–H and O–H groups in total. The van der Waals surface area contributed by atoms with Crippen LogP contribution < -0.4 is 4.72 Å². The van der Waals surface area contributed by atoms with Crippen molar-refractivity contribution in [1.82, 2.24) is 4.72 Å². The molecule has 0 amide bonds. The molecule has 0 radical (unpaired) electrons. The van der Waals surface area contributed by atoms with Crippen molar-refractivity contribution in [1.29, 1.82) is 0 Å². The number of hydrogen-bond acceptors (Lipinski definition) is 5. The molecule has 0 saturated carbocycles. The number of rotatable bonds is 8. The Kier molecular flexibility index (Phi) is 6.68. The summed E-state index contributed by atoms with van der Waals surface area (Å²) in [5.41, 5.74) is -1.20. The maximum atomic E-state index is 13.5. The Balaban J connectivity index is 2.50. The second-order valence-electron chi connectivity index (χ2n) is 5.65. The summed E-state index contributed by atoms with van der Waals surface area (Å²) in [7, 11) is -4.41. The second kappa shape index (κ2) is 8.59. The van der Waals surface area contributed by atoms with Crippen LogP contribution in [0.2, 0.25) is 0 Å². The number of benzene rings is 2. The average Bonchev–Trinajstić information content (AvgIpc) is 2.64. The summed E-state index contributed by atoms with van der Waals surface area (Å²) in [4.78, 5) is 9.98. The average molecular weight is 402 g/mol. The molecule has 0 aliphatic carbocycles. The van der Waals surface area contributed by atoms with Crippen LogP contribution in [-0.4, -0.2) is 26.7 Å². The molecule has 0 aromatic heterocycles. The van der Waals surface area contributed by atoms with Gasteiger partial charge in [-0.05, 0) is 41.8 Å². The Morgan fingerprint density at radius 2 is 1.78 bits per heavy atom. The molecular weight excluding hydrogens is 385 g/mol. The normalized spacial score (nSPS) is 12.1. The van der Waals surface area contributed by atoms with Crippen molar-refractivity contribution >= 4 is 15.7 Å². The number of nitroso groups, excluding NO2 is 1. The zero-order valence-electron chi connectivity index (χ0n) is 14.0.